The van der Waals surface area contributed by atoms with Gasteiger partial charge in [-0.15, -0.1) is 0 Å². The molecule has 0 aliphatic carbocycles. The SMILES string of the molecule is CCNC(COCC)C(C)(CC)OCC. The molecule has 92 valence electrons. The molecule has 2 atom stereocenters. The molecule has 15 heavy (non-hydrogen) atoms. The number of nitrogens with one attached hydrogen (secondary N) is 1. The Morgan fingerprint density at radius 3 is 2.20 bits per heavy atom. The summed E-state index contributed by atoms with van der Waals surface area (Å²) in [6.07, 6.45) is 0.992. The van der Waals surface area contributed by atoms with Gasteiger partial charge in [0.25, 0.3) is 0 Å². The fourth-order valence-electron chi connectivity index (χ4n) is 1.71. The molecular weight excluding hydrogens is 190 g/mol. The number of hydrogen-bond acceptors (Lipinski definition) is 3. The van der Waals surface area contributed by atoms with Crippen LogP contribution in [0.4, 0.5) is 0 Å². The summed E-state index contributed by atoms with van der Waals surface area (Å²) in [5.41, 5.74) is -0.125. The molecule has 0 aliphatic heterocycles. The van der Waals surface area contributed by atoms with Crippen molar-refractivity contribution in [3.63, 3.8) is 0 Å². The fourth-order valence-corrected chi connectivity index (χ4v) is 1.71. The lowest BCUT2D eigenvalue weighted by Gasteiger charge is -2.37. The molecule has 0 aromatic carbocycles. The van der Waals surface area contributed by atoms with E-state index < -0.39 is 0 Å². The third-order valence-corrected chi connectivity index (χ3v) is 2.85. The maximum absolute atomic E-state index is 5.85. The standard InChI is InChI=1S/C12H27NO2/c1-6-12(5,15-9-4)11(13-7-2)10-14-8-3/h11,13H,6-10H2,1-5H3. The quantitative estimate of drug-likeness (QED) is 0.642. The molecule has 0 rings (SSSR count). The highest BCUT2D eigenvalue weighted by molar-refractivity contribution is 4.88. The van der Waals surface area contributed by atoms with E-state index in [2.05, 4.69) is 26.1 Å². The summed E-state index contributed by atoms with van der Waals surface area (Å²) >= 11 is 0. The van der Waals surface area contributed by atoms with E-state index in [1.54, 1.807) is 0 Å². The molecule has 0 heterocycles. The first-order valence-electron chi connectivity index (χ1n) is 6.09. The van der Waals surface area contributed by atoms with Crippen molar-refractivity contribution in [2.75, 3.05) is 26.4 Å². The molecule has 0 saturated carbocycles. The third-order valence-electron chi connectivity index (χ3n) is 2.85. The Kier molecular flexibility index (Phi) is 8.02. The number of ether oxygens (including phenoxy) is 2. The van der Waals surface area contributed by atoms with Crippen LogP contribution < -0.4 is 5.32 Å². The summed E-state index contributed by atoms with van der Waals surface area (Å²) in [6, 6.07) is 0.271. The molecule has 0 saturated heterocycles. The predicted octanol–water partition coefficient (Wildman–Crippen LogP) is 2.21. The fraction of sp³-hybridized carbons (Fsp3) is 1.00. The number of hydrogen-bond donors (Lipinski definition) is 1. The van der Waals surface area contributed by atoms with Crippen LogP contribution in [0.25, 0.3) is 0 Å². The van der Waals surface area contributed by atoms with E-state index in [4.69, 9.17) is 9.47 Å². The van der Waals surface area contributed by atoms with Gasteiger partial charge in [-0.25, -0.2) is 0 Å². The first kappa shape index (κ1) is 14.9. The molecule has 0 bridgehead atoms. The van der Waals surface area contributed by atoms with E-state index >= 15 is 0 Å². The smallest absolute Gasteiger partial charge is 0.0826 e. The van der Waals surface area contributed by atoms with Crippen LogP contribution in [0.3, 0.4) is 0 Å². The average molecular weight is 217 g/mol. The summed E-state index contributed by atoms with van der Waals surface area (Å²) in [5.74, 6) is 0. The van der Waals surface area contributed by atoms with Crippen molar-refractivity contribution in [2.45, 2.75) is 52.7 Å². The van der Waals surface area contributed by atoms with Crippen LogP contribution in [0.5, 0.6) is 0 Å². The Labute approximate surface area is 94.5 Å². The Morgan fingerprint density at radius 1 is 1.13 bits per heavy atom. The molecular formula is C12H27NO2. The summed E-state index contributed by atoms with van der Waals surface area (Å²) in [4.78, 5) is 0. The van der Waals surface area contributed by atoms with Crippen molar-refractivity contribution in [2.24, 2.45) is 0 Å². The van der Waals surface area contributed by atoms with Gasteiger partial charge < -0.3 is 14.8 Å². The summed E-state index contributed by atoms with van der Waals surface area (Å²) < 4.78 is 11.3. The van der Waals surface area contributed by atoms with Gasteiger partial charge >= 0.3 is 0 Å². The summed E-state index contributed by atoms with van der Waals surface area (Å²) in [5, 5.41) is 3.44. The van der Waals surface area contributed by atoms with Gasteiger partial charge in [0.2, 0.25) is 0 Å². The highest BCUT2D eigenvalue weighted by Gasteiger charge is 2.32. The topological polar surface area (TPSA) is 30.5 Å². The zero-order valence-electron chi connectivity index (χ0n) is 10.9. The highest BCUT2D eigenvalue weighted by atomic mass is 16.5. The van der Waals surface area contributed by atoms with Gasteiger partial charge in [0.05, 0.1) is 18.2 Å². The molecule has 0 radical (unpaired) electrons. The van der Waals surface area contributed by atoms with Gasteiger partial charge in [-0.05, 0) is 33.7 Å². The summed E-state index contributed by atoms with van der Waals surface area (Å²) in [7, 11) is 0. The predicted molar refractivity (Wildman–Crippen MR) is 64.3 cm³/mol. The Bertz CT molecular complexity index is 153. The van der Waals surface area contributed by atoms with Crippen molar-refractivity contribution in [1.29, 1.82) is 0 Å². The van der Waals surface area contributed by atoms with Gasteiger partial charge in [0, 0.05) is 13.2 Å². The Hall–Kier alpha value is -0.120. The van der Waals surface area contributed by atoms with Crippen molar-refractivity contribution in [3.8, 4) is 0 Å². The van der Waals surface area contributed by atoms with E-state index in [-0.39, 0.29) is 11.6 Å². The lowest BCUT2D eigenvalue weighted by molar-refractivity contribution is -0.0736. The van der Waals surface area contributed by atoms with E-state index in [1.807, 2.05) is 13.8 Å². The normalized spacial score (nSPS) is 17.4. The number of rotatable bonds is 9. The Balaban J connectivity index is 4.37. The van der Waals surface area contributed by atoms with Crippen molar-refractivity contribution in [1.82, 2.24) is 5.32 Å². The van der Waals surface area contributed by atoms with Crippen LogP contribution in [-0.2, 0) is 9.47 Å². The molecule has 0 aliphatic rings. The van der Waals surface area contributed by atoms with Crippen LogP contribution in [0.15, 0.2) is 0 Å². The van der Waals surface area contributed by atoms with Crippen molar-refractivity contribution >= 4 is 0 Å². The zero-order chi connectivity index (χ0) is 11.7. The van der Waals surface area contributed by atoms with E-state index in [0.717, 1.165) is 26.2 Å². The lowest BCUT2D eigenvalue weighted by atomic mass is 9.93. The van der Waals surface area contributed by atoms with E-state index in [0.29, 0.717) is 6.61 Å². The van der Waals surface area contributed by atoms with E-state index in [9.17, 15) is 0 Å². The van der Waals surface area contributed by atoms with Crippen molar-refractivity contribution in [3.05, 3.63) is 0 Å². The largest absolute Gasteiger partial charge is 0.380 e. The van der Waals surface area contributed by atoms with Gasteiger partial charge in [-0.1, -0.05) is 13.8 Å². The first-order chi connectivity index (χ1) is 7.14. The molecule has 3 nitrogen and oxygen atoms in total. The lowest BCUT2D eigenvalue weighted by Crippen LogP contribution is -2.53. The minimum atomic E-state index is -0.125. The van der Waals surface area contributed by atoms with Gasteiger partial charge in [0.15, 0.2) is 0 Å². The second-order valence-corrected chi connectivity index (χ2v) is 3.87. The molecule has 1 N–H and O–H groups in total. The second-order valence-electron chi connectivity index (χ2n) is 3.87. The Morgan fingerprint density at radius 2 is 1.80 bits per heavy atom. The molecule has 3 heteroatoms. The van der Waals surface area contributed by atoms with E-state index in [1.165, 1.54) is 0 Å². The molecule has 0 spiro atoms. The van der Waals surface area contributed by atoms with Crippen LogP contribution >= 0.6 is 0 Å². The van der Waals surface area contributed by atoms with Gasteiger partial charge in [0.1, 0.15) is 0 Å². The zero-order valence-corrected chi connectivity index (χ0v) is 10.9. The molecule has 0 aromatic heterocycles. The summed E-state index contributed by atoms with van der Waals surface area (Å²) in [6.45, 7) is 13.7. The van der Waals surface area contributed by atoms with Gasteiger partial charge in [-0.2, -0.15) is 0 Å². The monoisotopic (exact) mass is 217 g/mol. The second kappa shape index (κ2) is 8.08. The first-order valence-corrected chi connectivity index (χ1v) is 6.09. The van der Waals surface area contributed by atoms with Crippen molar-refractivity contribution < 1.29 is 9.47 Å². The molecule has 0 fully saturated rings. The highest BCUT2D eigenvalue weighted by Crippen LogP contribution is 2.20. The van der Waals surface area contributed by atoms with Crippen LogP contribution in [0.2, 0.25) is 0 Å². The third kappa shape index (κ3) is 4.96. The molecule has 0 aromatic rings. The van der Waals surface area contributed by atoms with Crippen LogP contribution in [0.1, 0.15) is 41.0 Å². The van der Waals surface area contributed by atoms with Crippen LogP contribution in [0, 0.1) is 0 Å². The van der Waals surface area contributed by atoms with Gasteiger partial charge in [-0.3, -0.25) is 0 Å². The minimum Gasteiger partial charge on any atom is -0.380 e. The maximum atomic E-state index is 5.85. The average Bonchev–Trinajstić information content (AvgIpc) is 2.24. The number of likely N-dealkylation sites (N-methyl/N-ethyl adjacent to an activating group) is 1. The maximum Gasteiger partial charge on any atom is 0.0826 e. The molecule has 2 unspecified atom stereocenters. The minimum absolute atomic E-state index is 0.125. The van der Waals surface area contributed by atoms with Crippen LogP contribution in [-0.4, -0.2) is 38.0 Å². The molecule has 0 amide bonds.